The van der Waals surface area contributed by atoms with Gasteiger partial charge in [-0.1, -0.05) is 6.92 Å². The van der Waals surface area contributed by atoms with E-state index >= 15 is 0 Å². The van der Waals surface area contributed by atoms with Crippen LogP contribution in [-0.4, -0.2) is 16.9 Å². The maximum absolute atomic E-state index is 11.0. The standard InChI is InChI=1S/C8H12O3/c1-4-6-5(2)8(3,10)11-7(6)9/h10H,4H2,1-3H3. The van der Waals surface area contributed by atoms with E-state index in [1.807, 2.05) is 6.92 Å². The first kappa shape index (κ1) is 8.27. The summed E-state index contributed by atoms with van der Waals surface area (Å²) in [4.78, 5) is 11.0. The summed E-state index contributed by atoms with van der Waals surface area (Å²) in [6.45, 7) is 5.05. The minimum absolute atomic E-state index is 0.394. The third kappa shape index (κ3) is 1.16. The van der Waals surface area contributed by atoms with Crippen molar-refractivity contribution in [1.82, 2.24) is 0 Å². The summed E-state index contributed by atoms with van der Waals surface area (Å²) in [5.74, 6) is -1.77. The van der Waals surface area contributed by atoms with E-state index in [1.54, 1.807) is 6.92 Å². The van der Waals surface area contributed by atoms with E-state index < -0.39 is 11.8 Å². The number of cyclic esters (lactones) is 1. The maximum Gasteiger partial charge on any atom is 0.336 e. The van der Waals surface area contributed by atoms with Crippen molar-refractivity contribution in [3.63, 3.8) is 0 Å². The topological polar surface area (TPSA) is 46.5 Å². The molecular formula is C8H12O3. The molecule has 1 aliphatic heterocycles. The fraction of sp³-hybridized carbons (Fsp3) is 0.625. The molecule has 1 N–H and O–H groups in total. The zero-order chi connectivity index (χ0) is 8.65. The second-order valence-electron chi connectivity index (χ2n) is 2.83. The zero-order valence-corrected chi connectivity index (χ0v) is 6.97. The normalized spacial score (nSPS) is 31.1. The Bertz CT molecular complexity index is 225. The molecule has 0 saturated carbocycles. The van der Waals surface area contributed by atoms with E-state index in [4.69, 9.17) is 4.74 Å². The Hall–Kier alpha value is -0.830. The van der Waals surface area contributed by atoms with Crippen molar-refractivity contribution in [3.8, 4) is 0 Å². The van der Waals surface area contributed by atoms with Crippen molar-refractivity contribution < 1.29 is 14.6 Å². The van der Waals surface area contributed by atoms with Crippen LogP contribution >= 0.6 is 0 Å². The Morgan fingerprint density at radius 3 is 2.36 bits per heavy atom. The molecule has 0 aliphatic carbocycles. The average Bonchev–Trinajstić information content (AvgIpc) is 2.04. The first-order valence-corrected chi connectivity index (χ1v) is 3.65. The highest BCUT2D eigenvalue weighted by Gasteiger charge is 2.38. The van der Waals surface area contributed by atoms with Gasteiger partial charge in [-0.05, 0) is 13.3 Å². The van der Waals surface area contributed by atoms with Gasteiger partial charge >= 0.3 is 5.97 Å². The van der Waals surface area contributed by atoms with Crippen LogP contribution in [0.25, 0.3) is 0 Å². The summed E-state index contributed by atoms with van der Waals surface area (Å²) >= 11 is 0. The van der Waals surface area contributed by atoms with E-state index in [-0.39, 0.29) is 0 Å². The van der Waals surface area contributed by atoms with E-state index in [1.165, 1.54) is 6.92 Å². The lowest BCUT2D eigenvalue weighted by atomic mass is 10.0. The second-order valence-corrected chi connectivity index (χ2v) is 2.83. The summed E-state index contributed by atoms with van der Waals surface area (Å²) in [5.41, 5.74) is 1.22. The molecule has 11 heavy (non-hydrogen) atoms. The van der Waals surface area contributed by atoms with E-state index in [9.17, 15) is 9.90 Å². The van der Waals surface area contributed by atoms with Gasteiger partial charge in [0.05, 0.1) is 0 Å². The van der Waals surface area contributed by atoms with Gasteiger partial charge in [0, 0.05) is 18.1 Å². The van der Waals surface area contributed by atoms with E-state index in [0.29, 0.717) is 17.6 Å². The average molecular weight is 156 g/mol. The fourth-order valence-corrected chi connectivity index (χ4v) is 1.16. The lowest BCUT2D eigenvalue weighted by Gasteiger charge is -2.16. The van der Waals surface area contributed by atoms with Crippen LogP contribution in [0, 0.1) is 0 Å². The first-order valence-electron chi connectivity index (χ1n) is 3.65. The molecule has 0 bridgehead atoms. The number of hydrogen-bond acceptors (Lipinski definition) is 3. The van der Waals surface area contributed by atoms with Crippen LogP contribution in [0.1, 0.15) is 27.2 Å². The largest absolute Gasteiger partial charge is 0.426 e. The minimum atomic E-state index is -1.37. The van der Waals surface area contributed by atoms with Gasteiger partial charge in [-0.2, -0.15) is 0 Å². The van der Waals surface area contributed by atoms with Crippen LogP contribution in [0.3, 0.4) is 0 Å². The van der Waals surface area contributed by atoms with Gasteiger partial charge in [0.2, 0.25) is 5.79 Å². The van der Waals surface area contributed by atoms with Gasteiger partial charge in [0.25, 0.3) is 0 Å². The van der Waals surface area contributed by atoms with E-state index in [0.717, 1.165) is 0 Å². The smallest absolute Gasteiger partial charge is 0.336 e. The van der Waals surface area contributed by atoms with Crippen LogP contribution < -0.4 is 0 Å². The summed E-state index contributed by atoms with van der Waals surface area (Å²) in [7, 11) is 0. The predicted octanol–water partition coefficient (Wildman–Crippen LogP) is 0.978. The van der Waals surface area contributed by atoms with Crippen molar-refractivity contribution >= 4 is 5.97 Å². The number of carbonyl (C=O) groups excluding carboxylic acids is 1. The zero-order valence-electron chi connectivity index (χ0n) is 6.97. The molecule has 0 saturated heterocycles. The van der Waals surface area contributed by atoms with Gasteiger partial charge in [0.15, 0.2) is 0 Å². The van der Waals surface area contributed by atoms with Crippen molar-refractivity contribution in [2.24, 2.45) is 0 Å². The Morgan fingerprint density at radius 1 is 1.64 bits per heavy atom. The SMILES string of the molecule is CCC1=C(C)C(C)(O)OC1=O. The maximum atomic E-state index is 11.0. The molecule has 0 amide bonds. The highest BCUT2D eigenvalue weighted by atomic mass is 16.7. The molecule has 0 aromatic carbocycles. The quantitative estimate of drug-likeness (QED) is 0.575. The highest BCUT2D eigenvalue weighted by molar-refractivity contribution is 5.92. The van der Waals surface area contributed by atoms with Gasteiger partial charge in [0.1, 0.15) is 0 Å². The number of hydrogen-bond donors (Lipinski definition) is 1. The Kier molecular flexibility index (Phi) is 1.76. The number of esters is 1. The number of ether oxygens (including phenoxy) is 1. The lowest BCUT2D eigenvalue weighted by molar-refractivity contribution is -0.175. The van der Waals surface area contributed by atoms with Crippen LogP contribution in [0.5, 0.6) is 0 Å². The molecule has 1 atom stereocenters. The number of rotatable bonds is 1. The van der Waals surface area contributed by atoms with Crippen molar-refractivity contribution in [3.05, 3.63) is 11.1 Å². The van der Waals surface area contributed by atoms with E-state index in [2.05, 4.69) is 0 Å². The molecule has 1 heterocycles. The summed E-state index contributed by atoms with van der Waals surface area (Å²) in [5, 5.41) is 9.43. The molecule has 1 aliphatic rings. The molecule has 0 fully saturated rings. The Balaban J connectivity index is 3.05. The molecule has 1 rings (SSSR count). The van der Waals surface area contributed by atoms with Crippen LogP contribution in [0.4, 0.5) is 0 Å². The number of carbonyl (C=O) groups is 1. The minimum Gasteiger partial charge on any atom is -0.426 e. The molecule has 3 heteroatoms. The molecular weight excluding hydrogens is 144 g/mol. The van der Waals surface area contributed by atoms with Gasteiger partial charge in [-0.15, -0.1) is 0 Å². The molecule has 3 nitrogen and oxygen atoms in total. The van der Waals surface area contributed by atoms with Crippen molar-refractivity contribution in [1.29, 1.82) is 0 Å². The van der Waals surface area contributed by atoms with Crippen molar-refractivity contribution in [2.75, 3.05) is 0 Å². The summed E-state index contributed by atoms with van der Waals surface area (Å²) < 4.78 is 4.71. The lowest BCUT2D eigenvalue weighted by Crippen LogP contribution is -2.25. The monoisotopic (exact) mass is 156 g/mol. The Labute approximate surface area is 65.7 Å². The fourth-order valence-electron chi connectivity index (χ4n) is 1.16. The van der Waals surface area contributed by atoms with Gasteiger partial charge in [-0.3, -0.25) is 0 Å². The summed E-state index contributed by atoms with van der Waals surface area (Å²) in [6.07, 6.45) is 0.612. The van der Waals surface area contributed by atoms with Gasteiger partial charge < -0.3 is 9.84 Å². The summed E-state index contributed by atoms with van der Waals surface area (Å²) in [6, 6.07) is 0. The third-order valence-corrected chi connectivity index (χ3v) is 2.04. The second kappa shape index (κ2) is 2.34. The Morgan fingerprint density at radius 2 is 2.18 bits per heavy atom. The number of aliphatic hydroxyl groups is 1. The molecule has 0 spiro atoms. The third-order valence-electron chi connectivity index (χ3n) is 2.04. The van der Waals surface area contributed by atoms with Crippen LogP contribution in [0.15, 0.2) is 11.1 Å². The van der Waals surface area contributed by atoms with Gasteiger partial charge in [-0.25, -0.2) is 4.79 Å². The highest BCUT2D eigenvalue weighted by Crippen LogP contribution is 2.31. The molecule has 0 aromatic rings. The molecule has 0 aromatic heterocycles. The molecule has 0 radical (unpaired) electrons. The molecule has 62 valence electrons. The first-order chi connectivity index (χ1) is 4.99. The molecule has 1 unspecified atom stereocenters. The van der Waals surface area contributed by atoms with Crippen molar-refractivity contribution in [2.45, 2.75) is 33.0 Å². The van der Waals surface area contributed by atoms with Crippen LogP contribution in [0.2, 0.25) is 0 Å². The van der Waals surface area contributed by atoms with Crippen LogP contribution in [-0.2, 0) is 9.53 Å². The predicted molar refractivity (Wildman–Crippen MR) is 39.7 cm³/mol.